The molecule has 0 saturated carbocycles. The van der Waals surface area contributed by atoms with E-state index in [2.05, 4.69) is 86.0 Å². The first-order chi connectivity index (χ1) is 19.4. The number of rotatable bonds is 11. The number of carbonyl (C=O) groups is 2. The monoisotopic (exact) mass is 706 g/mol. The van der Waals surface area contributed by atoms with Gasteiger partial charge in [-0.05, 0) is 88.7 Å². The summed E-state index contributed by atoms with van der Waals surface area (Å²) in [5.41, 5.74) is 5.06. The molecule has 2 amide bonds. The number of piperidine rings is 2. The number of hydrogen-bond donors (Lipinski definition) is 0. The Balaban J connectivity index is 0.00000308. The van der Waals surface area contributed by atoms with Crippen LogP contribution in [0.4, 0.5) is 0 Å². The number of carbonyl (C=O) groups excluding carboxylic acids is 2. The van der Waals surface area contributed by atoms with E-state index in [9.17, 15) is 9.59 Å². The lowest BCUT2D eigenvalue weighted by atomic mass is 9.95. The predicted octanol–water partition coefficient (Wildman–Crippen LogP) is 6.67. The van der Waals surface area contributed by atoms with Crippen molar-refractivity contribution in [2.45, 2.75) is 66.5 Å². The zero-order valence-corrected chi connectivity index (χ0v) is 29.5. The maximum absolute atomic E-state index is 12.9. The zero-order chi connectivity index (χ0) is 28.5. The molecule has 0 bridgehead atoms. The van der Waals surface area contributed by atoms with Gasteiger partial charge in [-0.3, -0.25) is 19.4 Å². The van der Waals surface area contributed by atoms with E-state index >= 15 is 0 Å². The molecule has 2 aromatic carbocycles. The third kappa shape index (κ3) is 9.63. The summed E-state index contributed by atoms with van der Waals surface area (Å²) in [6.45, 7) is 17.1. The van der Waals surface area contributed by atoms with Crippen molar-refractivity contribution in [3.8, 4) is 11.1 Å². The summed E-state index contributed by atoms with van der Waals surface area (Å²) in [6.07, 6.45) is 4.19. The number of nitrogens with zero attached hydrogens (tertiary/aromatic N) is 4. The molecule has 2 aromatic rings. The highest BCUT2D eigenvalue weighted by molar-refractivity contribution is 8.93. The van der Waals surface area contributed by atoms with E-state index in [1.165, 1.54) is 22.3 Å². The molecule has 0 N–H and O–H groups in total. The molecule has 4 rings (SSSR count). The van der Waals surface area contributed by atoms with Gasteiger partial charge < -0.3 is 9.80 Å². The summed E-state index contributed by atoms with van der Waals surface area (Å²) in [5.74, 6) is 0.902. The Labute approximate surface area is 275 Å². The predicted molar refractivity (Wildman–Crippen MR) is 184 cm³/mol. The number of amides is 2. The molecule has 42 heavy (non-hydrogen) atoms. The molecule has 0 spiro atoms. The molecule has 2 fully saturated rings. The second-order valence-corrected chi connectivity index (χ2v) is 11.6. The van der Waals surface area contributed by atoms with Gasteiger partial charge in [0.2, 0.25) is 11.8 Å². The minimum absolute atomic E-state index is 0. The van der Waals surface area contributed by atoms with E-state index in [0.29, 0.717) is 11.8 Å². The van der Waals surface area contributed by atoms with Crippen molar-refractivity contribution in [2.24, 2.45) is 11.8 Å². The molecular weight excluding hydrogens is 656 g/mol. The van der Waals surface area contributed by atoms with Gasteiger partial charge in [0, 0.05) is 52.4 Å². The van der Waals surface area contributed by atoms with Gasteiger partial charge in [-0.25, -0.2) is 0 Å². The second-order valence-electron chi connectivity index (χ2n) is 11.6. The maximum atomic E-state index is 12.9. The summed E-state index contributed by atoms with van der Waals surface area (Å²) in [6, 6.07) is 17.8. The fraction of sp³-hybridized carbons (Fsp3) is 0.588. The van der Waals surface area contributed by atoms with Crippen molar-refractivity contribution in [3.05, 3.63) is 59.7 Å². The molecule has 0 aliphatic carbocycles. The summed E-state index contributed by atoms with van der Waals surface area (Å²) in [7, 11) is 0. The molecule has 2 aliphatic heterocycles. The summed E-state index contributed by atoms with van der Waals surface area (Å²) < 4.78 is 0. The Morgan fingerprint density at radius 2 is 0.952 bits per heavy atom. The van der Waals surface area contributed by atoms with Crippen molar-refractivity contribution >= 4 is 45.8 Å². The first kappa shape index (κ1) is 36.5. The summed E-state index contributed by atoms with van der Waals surface area (Å²) >= 11 is 0. The van der Waals surface area contributed by atoms with Gasteiger partial charge in [0.05, 0.1) is 11.8 Å². The third-order valence-electron chi connectivity index (χ3n) is 8.91. The molecule has 2 unspecified atom stereocenters. The average molecular weight is 709 g/mol. The van der Waals surface area contributed by atoms with Crippen molar-refractivity contribution in [2.75, 3.05) is 52.4 Å². The summed E-state index contributed by atoms with van der Waals surface area (Å²) in [4.78, 5) is 34.6. The Kier molecular flexibility index (Phi) is 15.8. The van der Waals surface area contributed by atoms with E-state index in [1.807, 2.05) is 9.80 Å². The lowest BCUT2D eigenvalue weighted by Crippen LogP contribution is -2.44. The number of likely N-dealkylation sites (tertiary alicyclic amines) is 2. The van der Waals surface area contributed by atoms with Crippen molar-refractivity contribution < 1.29 is 9.59 Å². The summed E-state index contributed by atoms with van der Waals surface area (Å²) in [5, 5.41) is 0. The van der Waals surface area contributed by atoms with Gasteiger partial charge in [0.15, 0.2) is 0 Å². The largest absolute Gasteiger partial charge is 0.343 e. The van der Waals surface area contributed by atoms with E-state index in [0.717, 1.165) is 91.1 Å². The van der Waals surface area contributed by atoms with Gasteiger partial charge in [-0.2, -0.15) is 0 Å². The van der Waals surface area contributed by atoms with Crippen molar-refractivity contribution in [1.82, 2.24) is 19.6 Å². The molecule has 234 valence electrons. The van der Waals surface area contributed by atoms with Crippen LogP contribution in [-0.4, -0.2) is 83.8 Å². The minimum Gasteiger partial charge on any atom is -0.343 e. The van der Waals surface area contributed by atoms with Crippen LogP contribution in [0.25, 0.3) is 11.1 Å². The average Bonchev–Trinajstić information content (AvgIpc) is 2.99. The number of hydrogen-bond acceptors (Lipinski definition) is 4. The van der Waals surface area contributed by atoms with E-state index in [4.69, 9.17) is 0 Å². The van der Waals surface area contributed by atoms with Crippen molar-refractivity contribution in [3.63, 3.8) is 0 Å². The Morgan fingerprint density at radius 1 is 0.619 bits per heavy atom. The molecular formula is C34H52Br2N4O2. The van der Waals surface area contributed by atoms with Gasteiger partial charge in [-0.15, -0.1) is 34.0 Å². The second kappa shape index (κ2) is 18.2. The molecule has 0 aromatic heterocycles. The van der Waals surface area contributed by atoms with Crippen LogP contribution in [0.5, 0.6) is 0 Å². The third-order valence-corrected chi connectivity index (χ3v) is 8.91. The van der Waals surface area contributed by atoms with Crippen LogP contribution in [0, 0.1) is 11.8 Å². The van der Waals surface area contributed by atoms with Crippen LogP contribution >= 0.6 is 34.0 Å². The highest BCUT2D eigenvalue weighted by atomic mass is 79.9. The van der Waals surface area contributed by atoms with E-state index < -0.39 is 0 Å². The lowest BCUT2D eigenvalue weighted by Gasteiger charge is -2.34. The van der Waals surface area contributed by atoms with Crippen LogP contribution in [0.15, 0.2) is 48.5 Å². The highest BCUT2D eigenvalue weighted by Crippen LogP contribution is 2.25. The van der Waals surface area contributed by atoms with Gasteiger partial charge >= 0.3 is 0 Å². The van der Waals surface area contributed by atoms with Crippen LogP contribution in [0.2, 0.25) is 0 Å². The standard InChI is InChI=1S/C34H50N4O2.2BrH/c1-5-37(6-2)33(39)31-11-9-21-35(25-31)23-27-13-17-29(18-14-27)30-19-15-28(16-20-30)24-36-22-10-12-32(26-36)34(40)38(7-3)8-4;;/h13-20,31-32H,5-12,21-26H2,1-4H3;2*1H. The van der Waals surface area contributed by atoms with E-state index in [-0.39, 0.29) is 45.8 Å². The minimum atomic E-state index is 0. The zero-order valence-electron chi connectivity index (χ0n) is 26.1. The molecule has 2 heterocycles. The van der Waals surface area contributed by atoms with Crippen molar-refractivity contribution in [1.29, 1.82) is 0 Å². The van der Waals surface area contributed by atoms with Gasteiger partial charge in [0.1, 0.15) is 0 Å². The molecule has 2 aliphatic rings. The fourth-order valence-corrected chi connectivity index (χ4v) is 6.51. The smallest absolute Gasteiger partial charge is 0.226 e. The number of benzene rings is 2. The Hall–Kier alpha value is -1.74. The van der Waals surface area contributed by atoms with Gasteiger partial charge in [-0.1, -0.05) is 48.5 Å². The SMILES string of the molecule is Br.Br.CCN(CC)C(=O)C1CCCN(Cc2ccc(-c3ccc(CN4CCCC(C(=O)N(CC)CC)C4)cc3)cc2)C1. The molecule has 2 atom stereocenters. The quantitative estimate of drug-likeness (QED) is 0.262. The Bertz CT molecular complexity index is 1000. The Morgan fingerprint density at radius 3 is 1.26 bits per heavy atom. The fourth-order valence-electron chi connectivity index (χ4n) is 6.51. The first-order valence-electron chi connectivity index (χ1n) is 15.7. The lowest BCUT2D eigenvalue weighted by molar-refractivity contribution is -0.137. The highest BCUT2D eigenvalue weighted by Gasteiger charge is 2.29. The molecule has 2 saturated heterocycles. The van der Waals surface area contributed by atoms with Crippen LogP contribution < -0.4 is 0 Å². The molecule has 8 heteroatoms. The number of halogens is 2. The van der Waals surface area contributed by atoms with Crippen LogP contribution in [-0.2, 0) is 22.7 Å². The molecule has 0 radical (unpaired) electrons. The normalized spacial score (nSPS) is 19.3. The first-order valence-corrected chi connectivity index (χ1v) is 15.7. The van der Waals surface area contributed by atoms with E-state index in [1.54, 1.807) is 0 Å². The maximum Gasteiger partial charge on any atom is 0.226 e. The molecule has 6 nitrogen and oxygen atoms in total. The van der Waals surface area contributed by atoms with Crippen LogP contribution in [0.1, 0.15) is 64.5 Å². The topological polar surface area (TPSA) is 47.1 Å². The van der Waals surface area contributed by atoms with Gasteiger partial charge in [0.25, 0.3) is 0 Å². The van der Waals surface area contributed by atoms with Crippen LogP contribution in [0.3, 0.4) is 0 Å².